The molecule has 37 heavy (non-hydrogen) atoms. The summed E-state index contributed by atoms with van der Waals surface area (Å²) in [6.07, 6.45) is -1.79. The van der Waals surface area contributed by atoms with Crippen LogP contribution in [0.25, 0.3) is 0 Å². The van der Waals surface area contributed by atoms with Gasteiger partial charge in [-0.1, -0.05) is 23.8 Å². The first-order valence-electron chi connectivity index (χ1n) is 11.2. The van der Waals surface area contributed by atoms with E-state index in [9.17, 15) is 35.9 Å². The Labute approximate surface area is 212 Å². The summed E-state index contributed by atoms with van der Waals surface area (Å²) in [5.41, 5.74) is 1.22. The lowest BCUT2D eigenvalue weighted by atomic mass is 9.84. The van der Waals surface area contributed by atoms with Crippen LogP contribution in [-0.2, 0) is 19.6 Å². The van der Waals surface area contributed by atoms with E-state index in [1.165, 1.54) is 44.5 Å². The first kappa shape index (κ1) is 28.5. The number of aliphatic hydroxyl groups is 1. The summed E-state index contributed by atoms with van der Waals surface area (Å²) in [6.45, 7) is -0.636. The van der Waals surface area contributed by atoms with Crippen LogP contribution < -0.4 is 9.04 Å². The van der Waals surface area contributed by atoms with Crippen molar-refractivity contribution in [3.63, 3.8) is 0 Å². The number of ether oxygens (including phenoxy) is 2. The lowest BCUT2D eigenvalue weighted by Gasteiger charge is -2.24. The summed E-state index contributed by atoms with van der Waals surface area (Å²) < 4.78 is 87.0. The van der Waals surface area contributed by atoms with Crippen LogP contribution in [0.1, 0.15) is 35.8 Å². The van der Waals surface area contributed by atoms with Crippen LogP contribution in [-0.4, -0.2) is 52.9 Å². The fourth-order valence-electron chi connectivity index (χ4n) is 4.54. The second kappa shape index (κ2) is 11.1. The molecule has 2 aromatic rings. The van der Waals surface area contributed by atoms with Crippen LogP contribution in [0, 0.1) is 11.7 Å². The summed E-state index contributed by atoms with van der Waals surface area (Å²) in [5, 5.41) is 10.2. The normalized spacial score (nSPS) is 20.1. The molecule has 0 saturated heterocycles. The lowest BCUT2D eigenvalue weighted by Crippen LogP contribution is -2.25. The molecular formula is C25H27F4NO6S. The number of benzene rings is 2. The van der Waals surface area contributed by atoms with Gasteiger partial charge in [-0.05, 0) is 48.7 Å². The Morgan fingerprint density at radius 3 is 2.41 bits per heavy atom. The molecule has 12 heteroatoms. The van der Waals surface area contributed by atoms with Crippen molar-refractivity contribution in [1.82, 2.24) is 0 Å². The molecule has 2 unspecified atom stereocenters. The number of halogens is 4. The SMILES string of the molecule is COC(=O)C1CCC(=CC(CO)c2cc(N(C)S(C)(=O)=O)ccc2OC(F)(F)F)[C@@H]1c1ccc(F)cc1. The minimum absolute atomic E-state index is 0.0674. The van der Waals surface area contributed by atoms with Gasteiger partial charge in [-0.3, -0.25) is 9.10 Å². The van der Waals surface area contributed by atoms with E-state index < -0.39 is 58.3 Å². The maximum absolute atomic E-state index is 13.6. The summed E-state index contributed by atoms with van der Waals surface area (Å²) in [4.78, 5) is 12.5. The number of rotatable bonds is 8. The summed E-state index contributed by atoms with van der Waals surface area (Å²) in [7, 11) is -1.25. The maximum atomic E-state index is 13.6. The molecule has 0 aliphatic heterocycles. The number of esters is 1. The molecule has 0 radical (unpaired) electrons. The van der Waals surface area contributed by atoms with Gasteiger partial charge in [0, 0.05) is 24.4 Å². The highest BCUT2D eigenvalue weighted by Crippen LogP contribution is 2.46. The third kappa shape index (κ3) is 6.80. The topological polar surface area (TPSA) is 93.1 Å². The summed E-state index contributed by atoms with van der Waals surface area (Å²) in [5.74, 6) is -3.79. The van der Waals surface area contributed by atoms with Gasteiger partial charge in [0.1, 0.15) is 11.6 Å². The maximum Gasteiger partial charge on any atom is 0.573 e. The van der Waals surface area contributed by atoms with E-state index in [4.69, 9.17) is 4.74 Å². The third-order valence-electron chi connectivity index (χ3n) is 6.37. The summed E-state index contributed by atoms with van der Waals surface area (Å²) in [6, 6.07) is 8.87. The number of methoxy groups -OCH3 is 1. The quantitative estimate of drug-likeness (QED) is 0.299. The number of hydrogen-bond donors (Lipinski definition) is 1. The third-order valence-corrected chi connectivity index (χ3v) is 7.58. The molecule has 1 fully saturated rings. The molecule has 1 aliphatic carbocycles. The lowest BCUT2D eigenvalue weighted by molar-refractivity contribution is -0.275. The second-order valence-electron chi connectivity index (χ2n) is 8.73. The zero-order valence-electron chi connectivity index (χ0n) is 20.3. The van der Waals surface area contributed by atoms with Gasteiger partial charge >= 0.3 is 12.3 Å². The minimum atomic E-state index is -5.04. The summed E-state index contributed by atoms with van der Waals surface area (Å²) >= 11 is 0. The zero-order valence-corrected chi connectivity index (χ0v) is 21.1. The largest absolute Gasteiger partial charge is 0.573 e. The van der Waals surface area contributed by atoms with Crippen molar-refractivity contribution in [3.8, 4) is 5.75 Å². The molecule has 0 aromatic heterocycles. The van der Waals surface area contributed by atoms with Crippen molar-refractivity contribution in [1.29, 1.82) is 0 Å². The first-order chi connectivity index (χ1) is 17.2. The molecule has 0 heterocycles. The monoisotopic (exact) mass is 545 g/mol. The molecule has 3 rings (SSSR count). The standard InChI is InChI=1S/C25H27F4NO6S/c1-30(37(3,33)34)19-9-11-22(36-25(27,28)29)21(13-19)17(14-31)12-16-6-10-20(24(32)35-2)23(16)15-4-7-18(26)8-5-15/h4-5,7-9,11-13,17,20,23,31H,6,10,14H2,1-3H3/t17?,20?,23-/m0/s1. The molecular weight excluding hydrogens is 518 g/mol. The van der Waals surface area contributed by atoms with Crippen LogP contribution in [0.3, 0.4) is 0 Å². The Kier molecular flexibility index (Phi) is 8.53. The van der Waals surface area contributed by atoms with Crippen LogP contribution in [0.15, 0.2) is 54.1 Å². The van der Waals surface area contributed by atoms with E-state index in [1.54, 1.807) is 6.08 Å². The fraction of sp³-hybridized carbons (Fsp3) is 0.400. The number of allylic oxidation sites excluding steroid dienone is 1. The van der Waals surface area contributed by atoms with Crippen LogP contribution >= 0.6 is 0 Å². The predicted octanol–water partition coefficient (Wildman–Crippen LogP) is 4.49. The average Bonchev–Trinajstić information content (AvgIpc) is 3.24. The molecule has 7 nitrogen and oxygen atoms in total. The van der Waals surface area contributed by atoms with E-state index in [2.05, 4.69) is 4.74 Å². The molecule has 0 amide bonds. The Hall–Kier alpha value is -3.12. The van der Waals surface area contributed by atoms with Gasteiger partial charge in [-0.15, -0.1) is 13.2 Å². The molecule has 1 saturated carbocycles. The highest BCUT2D eigenvalue weighted by atomic mass is 32.2. The van der Waals surface area contributed by atoms with Crippen LogP contribution in [0.2, 0.25) is 0 Å². The van der Waals surface area contributed by atoms with Gasteiger partial charge in [0.15, 0.2) is 0 Å². The molecule has 202 valence electrons. The molecule has 1 N–H and O–H groups in total. The second-order valence-corrected chi connectivity index (χ2v) is 10.7. The zero-order chi connectivity index (χ0) is 27.5. The molecule has 1 aliphatic rings. The minimum Gasteiger partial charge on any atom is -0.469 e. The number of nitrogens with zero attached hydrogens (tertiary/aromatic N) is 1. The highest BCUT2D eigenvalue weighted by molar-refractivity contribution is 7.92. The number of alkyl halides is 3. The van der Waals surface area contributed by atoms with Gasteiger partial charge in [-0.25, -0.2) is 12.8 Å². The number of hydrogen-bond acceptors (Lipinski definition) is 6. The van der Waals surface area contributed by atoms with Crippen molar-refractivity contribution in [2.45, 2.75) is 31.0 Å². The Bertz CT molecular complexity index is 1260. The van der Waals surface area contributed by atoms with Gasteiger partial charge in [-0.2, -0.15) is 0 Å². The Morgan fingerprint density at radius 2 is 1.86 bits per heavy atom. The van der Waals surface area contributed by atoms with Gasteiger partial charge < -0.3 is 14.6 Å². The van der Waals surface area contributed by atoms with Gasteiger partial charge in [0.25, 0.3) is 0 Å². The number of aliphatic hydroxyl groups excluding tert-OH is 1. The van der Waals surface area contributed by atoms with Gasteiger partial charge in [0.05, 0.1) is 31.6 Å². The molecule has 0 bridgehead atoms. The van der Waals surface area contributed by atoms with Crippen molar-refractivity contribution in [2.24, 2.45) is 5.92 Å². The Morgan fingerprint density at radius 1 is 1.22 bits per heavy atom. The number of carbonyl (C=O) groups is 1. The average molecular weight is 546 g/mol. The van der Waals surface area contributed by atoms with Crippen molar-refractivity contribution in [2.75, 3.05) is 31.3 Å². The molecule has 2 aromatic carbocycles. The molecule has 3 atom stereocenters. The fourth-order valence-corrected chi connectivity index (χ4v) is 5.04. The van der Waals surface area contributed by atoms with Crippen molar-refractivity contribution < 1.29 is 45.4 Å². The van der Waals surface area contributed by atoms with Gasteiger partial charge in [0.2, 0.25) is 10.0 Å². The molecule has 0 spiro atoms. The number of sulfonamides is 1. The van der Waals surface area contributed by atoms with Crippen LogP contribution in [0.4, 0.5) is 23.2 Å². The van der Waals surface area contributed by atoms with E-state index in [0.29, 0.717) is 24.0 Å². The number of carbonyl (C=O) groups excluding carboxylic acids is 1. The van der Waals surface area contributed by atoms with Crippen molar-refractivity contribution >= 4 is 21.7 Å². The van der Waals surface area contributed by atoms with Crippen molar-refractivity contribution in [3.05, 3.63) is 71.1 Å². The smallest absolute Gasteiger partial charge is 0.469 e. The van der Waals surface area contributed by atoms with Crippen LogP contribution in [0.5, 0.6) is 5.75 Å². The van der Waals surface area contributed by atoms with E-state index >= 15 is 0 Å². The van der Waals surface area contributed by atoms with E-state index in [1.807, 2.05) is 0 Å². The number of anilines is 1. The highest BCUT2D eigenvalue weighted by Gasteiger charge is 2.39. The Balaban J connectivity index is 2.13. The first-order valence-corrected chi connectivity index (χ1v) is 13.1. The van der Waals surface area contributed by atoms with E-state index in [0.717, 1.165) is 22.7 Å². The predicted molar refractivity (Wildman–Crippen MR) is 128 cm³/mol. The van der Waals surface area contributed by atoms with E-state index in [-0.39, 0.29) is 11.3 Å².